The van der Waals surface area contributed by atoms with E-state index < -0.39 is 23.0 Å². The third-order valence-electron chi connectivity index (χ3n) is 7.90. The van der Waals surface area contributed by atoms with E-state index in [1.807, 2.05) is 6.92 Å². The van der Waals surface area contributed by atoms with Crippen LogP contribution in [0.25, 0.3) is 10.9 Å². The molecule has 3 fully saturated rings. The van der Waals surface area contributed by atoms with E-state index in [-0.39, 0.29) is 11.8 Å². The number of pyridine rings is 1. The summed E-state index contributed by atoms with van der Waals surface area (Å²) >= 11 is 0. The molecule has 3 saturated heterocycles. The molecule has 2 aromatic carbocycles. The molecule has 178 valence electrons. The molecule has 3 aliphatic rings. The Morgan fingerprint density at radius 3 is 2.58 bits per heavy atom. The van der Waals surface area contributed by atoms with Gasteiger partial charge in [-0.1, -0.05) is 0 Å². The molecule has 0 aliphatic carbocycles. The van der Waals surface area contributed by atoms with Crippen LogP contribution in [-0.4, -0.2) is 34.6 Å². The minimum absolute atomic E-state index is 0.267. The Hall–Kier alpha value is -4.27. The second-order valence-corrected chi connectivity index (χ2v) is 9.82. The van der Waals surface area contributed by atoms with Gasteiger partial charge in [-0.05, 0) is 68.3 Å². The smallest absolute Gasteiger partial charge is 0.240 e. The standard InChI is InChI=1S/C28H22N4O4/c1-27-10-11-28(36-27,12-14-35-19-7-4-17(15-29)5-8-19)23-22(27)25(33)32(26(23)34)21-9-6-18(16-30)24-20(21)3-2-13-31-24/h2-9,13,22-23H,10-12,14H2,1H3. The molecule has 3 aliphatic heterocycles. The Balaban J connectivity index is 1.31. The van der Waals surface area contributed by atoms with Gasteiger partial charge in [-0.3, -0.25) is 14.6 Å². The first-order chi connectivity index (χ1) is 17.4. The fourth-order valence-electron chi connectivity index (χ4n) is 6.26. The lowest BCUT2D eigenvalue weighted by Crippen LogP contribution is -2.43. The minimum atomic E-state index is -0.784. The maximum absolute atomic E-state index is 13.9. The molecule has 3 aromatic rings. The Bertz CT molecular complexity index is 1500. The van der Waals surface area contributed by atoms with Crippen LogP contribution in [0.2, 0.25) is 0 Å². The van der Waals surface area contributed by atoms with Crippen molar-refractivity contribution in [3.05, 3.63) is 65.9 Å². The number of hydrogen-bond acceptors (Lipinski definition) is 7. The number of hydrogen-bond donors (Lipinski definition) is 0. The summed E-state index contributed by atoms with van der Waals surface area (Å²) in [5, 5.41) is 19.1. The molecule has 0 N–H and O–H groups in total. The molecule has 4 heterocycles. The van der Waals surface area contributed by atoms with Crippen molar-refractivity contribution in [1.82, 2.24) is 4.98 Å². The van der Waals surface area contributed by atoms with Gasteiger partial charge in [0, 0.05) is 18.0 Å². The van der Waals surface area contributed by atoms with Crippen LogP contribution in [0.4, 0.5) is 5.69 Å². The lowest BCUT2D eigenvalue weighted by Gasteiger charge is -2.31. The molecule has 2 amide bonds. The number of benzene rings is 2. The SMILES string of the molecule is CC12CCC(CCOc3ccc(C#N)cc3)(O1)C1C(=O)N(c3ccc(C#N)c4ncccc34)C(=O)C12. The summed E-state index contributed by atoms with van der Waals surface area (Å²) in [7, 11) is 0. The first-order valence-corrected chi connectivity index (χ1v) is 11.9. The highest BCUT2D eigenvalue weighted by molar-refractivity contribution is 6.26. The van der Waals surface area contributed by atoms with Gasteiger partial charge in [-0.25, -0.2) is 4.90 Å². The number of ether oxygens (including phenoxy) is 2. The van der Waals surface area contributed by atoms with E-state index in [1.54, 1.807) is 54.7 Å². The first-order valence-electron chi connectivity index (χ1n) is 11.9. The van der Waals surface area contributed by atoms with Crippen molar-refractivity contribution >= 4 is 28.4 Å². The normalized spacial score (nSPS) is 28.2. The molecule has 6 rings (SSSR count). The fraction of sp³-hybridized carbons (Fsp3) is 0.321. The molecule has 8 heteroatoms. The molecule has 0 radical (unpaired) electrons. The number of nitrogens with zero attached hydrogens (tertiary/aromatic N) is 4. The zero-order valence-electron chi connectivity index (χ0n) is 19.6. The average Bonchev–Trinajstić information content (AvgIpc) is 3.48. The Labute approximate surface area is 207 Å². The van der Waals surface area contributed by atoms with Crippen LogP contribution in [0.1, 0.15) is 37.3 Å². The highest BCUT2D eigenvalue weighted by atomic mass is 16.5. The van der Waals surface area contributed by atoms with Gasteiger partial charge in [0.15, 0.2) is 0 Å². The van der Waals surface area contributed by atoms with Crippen LogP contribution < -0.4 is 9.64 Å². The molecular formula is C28H22N4O4. The number of anilines is 1. The van der Waals surface area contributed by atoms with Crippen LogP contribution in [0.5, 0.6) is 5.75 Å². The Kier molecular flexibility index (Phi) is 4.86. The van der Waals surface area contributed by atoms with Crippen molar-refractivity contribution < 1.29 is 19.1 Å². The van der Waals surface area contributed by atoms with Crippen molar-refractivity contribution in [2.75, 3.05) is 11.5 Å². The molecule has 4 atom stereocenters. The van der Waals surface area contributed by atoms with Gasteiger partial charge in [0.2, 0.25) is 11.8 Å². The maximum Gasteiger partial charge on any atom is 0.240 e. The van der Waals surface area contributed by atoms with E-state index >= 15 is 0 Å². The van der Waals surface area contributed by atoms with E-state index in [1.165, 1.54) is 4.90 Å². The summed E-state index contributed by atoms with van der Waals surface area (Å²) < 4.78 is 12.4. The number of imide groups is 1. The fourth-order valence-corrected chi connectivity index (χ4v) is 6.26. The topological polar surface area (TPSA) is 116 Å². The van der Waals surface area contributed by atoms with Crippen LogP contribution >= 0.6 is 0 Å². The summed E-state index contributed by atoms with van der Waals surface area (Å²) in [6, 6.07) is 17.8. The number of carbonyl (C=O) groups excluding carboxylic acids is 2. The third-order valence-corrected chi connectivity index (χ3v) is 7.90. The number of amides is 2. The molecule has 8 nitrogen and oxygen atoms in total. The zero-order chi connectivity index (χ0) is 25.1. The Morgan fingerprint density at radius 1 is 1.06 bits per heavy atom. The van der Waals surface area contributed by atoms with Gasteiger partial charge in [-0.2, -0.15) is 10.5 Å². The average molecular weight is 479 g/mol. The predicted molar refractivity (Wildman–Crippen MR) is 129 cm³/mol. The number of aromatic nitrogens is 1. The second-order valence-electron chi connectivity index (χ2n) is 9.82. The molecule has 0 saturated carbocycles. The van der Waals surface area contributed by atoms with E-state index in [2.05, 4.69) is 17.1 Å². The summed E-state index contributed by atoms with van der Waals surface area (Å²) in [4.78, 5) is 33.3. The summed E-state index contributed by atoms with van der Waals surface area (Å²) in [5.74, 6) is -1.09. The summed E-state index contributed by atoms with van der Waals surface area (Å²) in [6.45, 7) is 2.24. The number of carbonyl (C=O) groups is 2. The van der Waals surface area contributed by atoms with E-state index in [0.29, 0.717) is 59.3 Å². The van der Waals surface area contributed by atoms with Crippen molar-refractivity contribution in [3.8, 4) is 17.9 Å². The highest BCUT2D eigenvalue weighted by Gasteiger charge is 2.73. The van der Waals surface area contributed by atoms with Gasteiger partial charge in [-0.15, -0.1) is 0 Å². The third kappa shape index (κ3) is 3.05. The monoisotopic (exact) mass is 478 g/mol. The molecular weight excluding hydrogens is 456 g/mol. The molecule has 36 heavy (non-hydrogen) atoms. The van der Waals surface area contributed by atoms with Crippen LogP contribution in [0.15, 0.2) is 54.7 Å². The van der Waals surface area contributed by atoms with Crippen molar-refractivity contribution in [3.63, 3.8) is 0 Å². The highest BCUT2D eigenvalue weighted by Crippen LogP contribution is 2.62. The van der Waals surface area contributed by atoms with E-state index in [4.69, 9.17) is 14.7 Å². The maximum atomic E-state index is 13.9. The predicted octanol–water partition coefficient (Wildman–Crippen LogP) is 3.87. The minimum Gasteiger partial charge on any atom is -0.493 e. The molecule has 2 bridgehead atoms. The van der Waals surface area contributed by atoms with Crippen LogP contribution in [0.3, 0.4) is 0 Å². The van der Waals surface area contributed by atoms with Crippen LogP contribution in [0, 0.1) is 34.5 Å². The number of nitriles is 2. The first kappa shape index (κ1) is 22.2. The second kappa shape index (κ2) is 7.87. The van der Waals surface area contributed by atoms with Crippen LogP contribution in [-0.2, 0) is 14.3 Å². The number of rotatable bonds is 5. The molecule has 4 unspecified atom stereocenters. The van der Waals surface area contributed by atoms with Crippen molar-refractivity contribution in [2.24, 2.45) is 11.8 Å². The van der Waals surface area contributed by atoms with E-state index in [9.17, 15) is 14.9 Å². The number of fused-ring (bicyclic) bond motifs is 6. The van der Waals surface area contributed by atoms with Gasteiger partial charge in [0.05, 0.1) is 58.0 Å². The molecule has 0 spiro atoms. The van der Waals surface area contributed by atoms with Gasteiger partial charge in [0.25, 0.3) is 0 Å². The molecule has 1 aromatic heterocycles. The quantitative estimate of drug-likeness (QED) is 0.511. The lowest BCUT2D eigenvalue weighted by atomic mass is 9.67. The zero-order valence-corrected chi connectivity index (χ0v) is 19.6. The van der Waals surface area contributed by atoms with Gasteiger partial charge in [0.1, 0.15) is 11.8 Å². The van der Waals surface area contributed by atoms with E-state index in [0.717, 1.165) is 0 Å². The Morgan fingerprint density at radius 2 is 1.83 bits per heavy atom. The van der Waals surface area contributed by atoms with Gasteiger partial charge >= 0.3 is 0 Å². The lowest BCUT2D eigenvalue weighted by molar-refractivity contribution is -0.131. The van der Waals surface area contributed by atoms with Gasteiger partial charge < -0.3 is 9.47 Å². The van der Waals surface area contributed by atoms with Crippen molar-refractivity contribution in [2.45, 2.75) is 37.4 Å². The van der Waals surface area contributed by atoms with Crippen molar-refractivity contribution in [1.29, 1.82) is 10.5 Å². The largest absolute Gasteiger partial charge is 0.493 e. The summed E-state index contributed by atoms with van der Waals surface area (Å²) in [5.41, 5.74) is 0.352. The summed E-state index contributed by atoms with van der Waals surface area (Å²) in [6.07, 6.45) is 3.41.